The predicted molar refractivity (Wildman–Crippen MR) is 57.9 cm³/mol. The number of nitrogens with two attached hydrogens (primary N) is 2. The van der Waals surface area contributed by atoms with Crippen molar-refractivity contribution in [2.24, 2.45) is 11.5 Å². The first kappa shape index (κ1) is 11.6. The molecule has 0 saturated carbocycles. The topological polar surface area (TPSA) is 94.0 Å². The average molecular weight is 208 g/mol. The Morgan fingerprint density at radius 2 is 2.40 bits per heavy atom. The van der Waals surface area contributed by atoms with Gasteiger partial charge in [0.2, 0.25) is 5.91 Å². The summed E-state index contributed by atoms with van der Waals surface area (Å²) in [5.41, 5.74) is 12.7. The molecular weight excluding hydrogens is 192 g/mol. The summed E-state index contributed by atoms with van der Waals surface area (Å²) in [5.74, 6) is -0.495. The molecular formula is C10H16N4O. The number of carbonyl (C=O) groups excluding carboxylic acids is 1. The smallest absolute Gasteiger partial charge is 0.235 e. The number of primary amides is 1. The van der Waals surface area contributed by atoms with Gasteiger partial charge in [-0.25, -0.2) is 0 Å². The summed E-state index contributed by atoms with van der Waals surface area (Å²) in [6.07, 6.45) is 3.53. The van der Waals surface area contributed by atoms with E-state index < -0.39 is 11.9 Å². The van der Waals surface area contributed by atoms with Gasteiger partial charge < -0.3 is 16.8 Å². The first-order valence-corrected chi connectivity index (χ1v) is 4.76. The number of pyridine rings is 1. The molecule has 1 aromatic heterocycles. The van der Waals surface area contributed by atoms with E-state index in [-0.39, 0.29) is 0 Å². The summed E-state index contributed by atoms with van der Waals surface area (Å²) in [6, 6.07) is 1.30. The van der Waals surface area contributed by atoms with E-state index in [1.807, 2.05) is 13.0 Å². The van der Waals surface area contributed by atoms with Crippen molar-refractivity contribution in [3.8, 4) is 0 Å². The molecule has 82 valence electrons. The Hall–Kier alpha value is -1.46. The van der Waals surface area contributed by atoms with Crippen molar-refractivity contribution in [1.29, 1.82) is 0 Å². The maximum absolute atomic E-state index is 10.7. The van der Waals surface area contributed by atoms with Crippen molar-refractivity contribution in [2.75, 3.05) is 6.54 Å². The fraction of sp³-hybridized carbons (Fsp3) is 0.400. The summed E-state index contributed by atoms with van der Waals surface area (Å²) < 4.78 is 0. The van der Waals surface area contributed by atoms with Gasteiger partial charge in [0.15, 0.2) is 0 Å². The highest BCUT2D eigenvalue weighted by Crippen LogP contribution is 2.03. The van der Waals surface area contributed by atoms with Crippen molar-refractivity contribution in [3.05, 3.63) is 29.6 Å². The number of aromatic nitrogens is 1. The molecule has 0 saturated heterocycles. The Bertz CT molecular complexity index is 340. The number of aryl methyl sites for hydroxylation is 1. The van der Waals surface area contributed by atoms with E-state index in [1.165, 1.54) is 0 Å². The van der Waals surface area contributed by atoms with Gasteiger partial charge >= 0.3 is 0 Å². The molecule has 1 heterocycles. The summed E-state index contributed by atoms with van der Waals surface area (Å²) >= 11 is 0. The molecule has 1 amide bonds. The lowest BCUT2D eigenvalue weighted by Gasteiger charge is -2.10. The number of nitrogens with zero attached hydrogens (tertiary/aromatic N) is 1. The van der Waals surface area contributed by atoms with Crippen LogP contribution in [0.5, 0.6) is 0 Å². The highest BCUT2D eigenvalue weighted by Gasteiger charge is 2.07. The van der Waals surface area contributed by atoms with Gasteiger partial charge in [0.1, 0.15) is 0 Å². The second kappa shape index (κ2) is 5.43. The quantitative estimate of drug-likeness (QED) is 0.596. The van der Waals surface area contributed by atoms with Gasteiger partial charge in [-0.15, -0.1) is 0 Å². The van der Waals surface area contributed by atoms with Gasteiger partial charge in [0.25, 0.3) is 0 Å². The van der Waals surface area contributed by atoms with Crippen molar-refractivity contribution in [1.82, 2.24) is 10.3 Å². The van der Waals surface area contributed by atoms with E-state index in [4.69, 9.17) is 11.5 Å². The molecule has 0 aromatic carbocycles. The first-order valence-electron chi connectivity index (χ1n) is 4.76. The molecule has 0 radical (unpaired) electrons. The van der Waals surface area contributed by atoms with Crippen LogP contribution in [0.2, 0.25) is 0 Å². The number of carbonyl (C=O) groups is 1. The molecule has 0 spiro atoms. The van der Waals surface area contributed by atoms with Crippen LogP contribution in [0.3, 0.4) is 0 Å². The SMILES string of the molecule is Cc1ccncc1CNCC(N)C(N)=O. The van der Waals surface area contributed by atoms with Crippen LogP contribution in [-0.2, 0) is 11.3 Å². The van der Waals surface area contributed by atoms with Gasteiger partial charge in [-0.3, -0.25) is 9.78 Å². The normalized spacial score (nSPS) is 12.4. The summed E-state index contributed by atoms with van der Waals surface area (Å²) in [4.78, 5) is 14.7. The Kier molecular flexibility index (Phi) is 4.20. The molecule has 0 aliphatic heterocycles. The second-order valence-electron chi connectivity index (χ2n) is 3.44. The second-order valence-corrected chi connectivity index (χ2v) is 3.44. The van der Waals surface area contributed by atoms with Gasteiger partial charge in [-0.05, 0) is 24.1 Å². The molecule has 1 unspecified atom stereocenters. The van der Waals surface area contributed by atoms with Gasteiger partial charge in [0, 0.05) is 25.5 Å². The minimum atomic E-state index is -0.637. The van der Waals surface area contributed by atoms with Crippen molar-refractivity contribution in [3.63, 3.8) is 0 Å². The largest absolute Gasteiger partial charge is 0.368 e. The van der Waals surface area contributed by atoms with Crippen LogP contribution in [0, 0.1) is 6.92 Å². The lowest BCUT2D eigenvalue weighted by Crippen LogP contribution is -2.44. The molecule has 1 rings (SSSR count). The fourth-order valence-corrected chi connectivity index (χ4v) is 1.14. The minimum absolute atomic E-state index is 0.379. The minimum Gasteiger partial charge on any atom is -0.368 e. The lowest BCUT2D eigenvalue weighted by molar-refractivity contribution is -0.119. The predicted octanol–water partition coefficient (Wildman–Crippen LogP) is -0.708. The zero-order valence-corrected chi connectivity index (χ0v) is 8.73. The fourth-order valence-electron chi connectivity index (χ4n) is 1.14. The summed E-state index contributed by atoms with van der Waals surface area (Å²) in [5, 5.41) is 3.06. The molecule has 1 aromatic rings. The number of hydrogen-bond donors (Lipinski definition) is 3. The van der Waals surface area contributed by atoms with E-state index in [2.05, 4.69) is 10.3 Å². The lowest BCUT2D eigenvalue weighted by atomic mass is 10.1. The standard InChI is InChI=1S/C10H16N4O/c1-7-2-3-13-4-8(7)5-14-6-9(11)10(12)15/h2-4,9,14H,5-6,11H2,1H3,(H2,12,15). The van der Waals surface area contributed by atoms with Crippen LogP contribution in [0.4, 0.5) is 0 Å². The first-order chi connectivity index (χ1) is 7.11. The Morgan fingerprint density at radius 1 is 1.67 bits per heavy atom. The molecule has 0 aliphatic carbocycles. The summed E-state index contributed by atoms with van der Waals surface area (Å²) in [7, 11) is 0. The van der Waals surface area contributed by atoms with Crippen molar-refractivity contribution < 1.29 is 4.79 Å². The molecule has 15 heavy (non-hydrogen) atoms. The van der Waals surface area contributed by atoms with Crippen LogP contribution < -0.4 is 16.8 Å². The molecule has 0 fully saturated rings. The Morgan fingerprint density at radius 3 is 3.00 bits per heavy atom. The van der Waals surface area contributed by atoms with Crippen LogP contribution in [0.25, 0.3) is 0 Å². The third-order valence-corrected chi connectivity index (χ3v) is 2.19. The van der Waals surface area contributed by atoms with Crippen molar-refractivity contribution in [2.45, 2.75) is 19.5 Å². The molecule has 0 bridgehead atoms. The highest BCUT2D eigenvalue weighted by atomic mass is 16.1. The average Bonchev–Trinajstić information content (AvgIpc) is 2.20. The van der Waals surface area contributed by atoms with Crippen LogP contribution >= 0.6 is 0 Å². The zero-order valence-electron chi connectivity index (χ0n) is 8.73. The highest BCUT2D eigenvalue weighted by molar-refractivity contribution is 5.79. The number of amides is 1. The van der Waals surface area contributed by atoms with Gasteiger partial charge in [0.05, 0.1) is 6.04 Å². The van der Waals surface area contributed by atoms with Gasteiger partial charge in [-0.1, -0.05) is 0 Å². The van der Waals surface area contributed by atoms with E-state index in [9.17, 15) is 4.79 Å². The number of rotatable bonds is 5. The Balaban J connectivity index is 2.38. The van der Waals surface area contributed by atoms with E-state index >= 15 is 0 Å². The zero-order chi connectivity index (χ0) is 11.3. The van der Waals surface area contributed by atoms with Crippen molar-refractivity contribution >= 4 is 5.91 Å². The molecule has 1 atom stereocenters. The van der Waals surface area contributed by atoms with Gasteiger partial charge in [-0.2, -0.15) is 0 Å². The molecule has 0 aliphatic rings. The summed E-state index contributed by atoms with van der Waals surface area (Å²) in [6.45, 7) is 3.02. The number of hydrogen-bond acceptors (Lipinski definition) is 4. The maximum Gasteiger partial charge on any atom is 0.235 e. The Labute approximate surface area is 88.9 Å². The third kappa shape index (κ3) is 3.65. The number of nitrogens with one attached hydrogen (secondary N) is 1. The van der Waals surface area contributed by atoms with E-state index in [0.717, 1.165) is 11.1 Å². The van der Waals surface area contributed by atoms with Crippen LogP contribution in [0.15, 0.2) is 18.5 Å². The molecule has 5 heteroatoms. The van der Waals surface area contributed by atoms with Crippen LogP contribution in [-0.4, -0.2) is 23.5 Å². The molecule has 5 N–H and O–H groups in total. The van der Waals surface area contributed by atoms with E-state index in [0.29, 0.717) is 13.1 Å². The molecule has 5 nitrogen and oxygen atoms in total. The van der Waals surface area contributed by atoms with Crippen LogP contribution in [0.1, 0.15) is 11.1 Å². The third-order valence-electron chi connectivity index (χ3n) is 2.19. The maximum atomic E-state index is 10.7. The van der Waals surface area contributed by atoms with E-state index in [1.54, 1.807) is 12.4 Å². The monoisotopic (exact) mass is 208 g/mol.